The maximum Gasteiger partial charge on any atom is 0.127 e. The van der Waals surface area contributed by atoms with E-state index in [1.165, 1.54) is 5.56 Å². The largest absolute Gasteiger partial charge is 0.457 e. The van der Waals surface area contributed by atoms with Crippen molar-refractivity contribution in [1.29, 1.82) is 0 Å². The molecule has 0 saturated carbocycles. The molecule has 0 bridgehead atoms. The lowest BCUT2D eigenvalue weighted by Crippen LogP contribution is -1.96. The summed E-state index contributed by atoms with van der Waals surface area (Å²) in [6, 6.07) is 15.8. The Balaban J connectivity index is 0.000000771. The van der Waals surface area contributed by atoms with Crippen LogP contribution in [0.5, 0.6) is 11.5 Å². The van der Waals surface area contributed by atoms with Crippen LogP contribution < -0.4 is 10.5 Å². The van der Waals surface area contributed by atoms with E-state index in [1.54, 1.807) is 0 Å². The zero-order valence-electron chi connectivity index (χ0n) is 11.3. The van der Waals surface area contributed by atoms with E-state index in [-0.39, 0.29) is 0 Å². The Labute approximate surface area is 109 Å². The fraction of sp³-hybridized carbons (Fsp3) is 0.250. The van der Waals surface area contributed by atoms with Crippen molar-refractivity contribution < 1.29 is 4.74 Å². The Morgan fingerprint density at radius 3 is 2.22 bits per heavy atom. The second kappa shape index (κ2) is 7.51. The van der Waals surface area contributed by atoms with Gasteiger partial charge in [-0.2, -0.15) is 0 Å². The number of hydrogen-bond acceptors (Lipinski definition) is 2. The predicted molar refractivity (Wildman–Crippen MR) is 76.9 cm³/mol. The number of ether oxygens (including phenoxy) is 1. The van der Waals surface area contributed by atoms with E-state index in [9.17, 15) is 0 Å². The molecule has 0 aliphatic heterocycles. The molecule has 2 heteroatoms. The summed E-state index contributed by atoms with van der Waals surface area (Å²) in [6.07, 6.45) is 0. The molecule has 0 aliphatic carbocycles. The normalized spacial score (nSPS) is 9.33. The van der Waals surface area contributed by atoms with Gasteiger partial charge in [0.1, 0.15) is 11.5 Å². The van der Waals surface area contributed by atoms with E-state index in [0.29, 0.717) is 6.54 Å². The minimum Gasteiger partial charge on any atom is -0.457 e. The van der Waals surface area contributed by atoms with E-state index in [0.717, 1.165) is 17.1 Å². The van der Waals surface area contributed by atoms with Gasteiger partial charge in [-0.25, -0.2) is 0 Å². The number of hydrogen-bond donors (Lipinski definition) is 1. The topological polar surface area (TPSA) is 35.2 Å². The average Bonchev–Trinajstić information content (AvgIpc) is 2.44. The van der Waals surface area contributed by atoms with Crippen LogP contribution in [-0.2, 0) is 6.54 Å². The third kappa shape index (κ3) is 4.22. The summed E-state index contributed by atoms with van der Waals surface area (Å²) < 4.78 is 5.72. The molecule has 0 aliphatic rings. The molecule has 2 N–H and O–H groups in total. The first kappa shape index (κ1) is 14.3. The molecule has 18 heavy (non-hydrogen) atoms. The summed E-state index contributed by atoms with van der Waals surface area (Å²) in [4.78, 5) is 0. The van der Waals surface area contributed by atoms with Crippen molar-refractivity contribution in [2.45, 2.75) is 27.3 Å². The van der Waals surface area contributed by atoms with Crippen LogP contribution in [0, 0.1) is 6.92 Å². The van der Waals surface area contributed by atoms with Gasteiger partial charge in [-0.1, -0.05) is 43.7 Å². The van der Waals surface area contributed by atoms with E-state index >= 15 is 0 Å². The average molecular weight is 243 g/mol. The van der Waals surface area contributed by atoms with Crippen LogP contribution in [0.3, 0.4) is 0 Å². The zero-order chi connectivity index (χ0) is 13.4. The minimum absolute atomic E-state index is 0.533. The molecule has 2 nitrogen and oxygen atoms in total. The van der Waals surface area contributed by atoms with Crippen LogP contribution in [0.2, 0.25) is 0 Å². The Hall–Kier alpha value is -1.80. The zero-order valence-corrected chi connectivity index (χ0v) is 11.3. The molecule has 2 aromatic rings. The molecule has 96 valence electrons. The monoisotopic (exact) mass is 243 g/mol. The van der Waals surface area contributed by atoms with Crippen LogP contribution >= 0.6 is 0 Å². The fourth-order valence-electron chi connectivity index (χ4n) is 1.48. The molecule has 0 unspecified atom stereocenters. The predicted octanol–water partition coefficient (Wildman–Crippen LogP) is 4.27. The number of aryl methyl sites for hydroxylation is 1. The Kier molecular flexibility index (Phi) is 5.95. The SMILES string of the molecule is CC.Cc1ccc(Oc2cccc(CN)c2)cc1. The molecule has 0 fully saturated rings. The summed E-state index contributed by atoms with van der Waals surface area (Å²) in [7, 11) is 0. The van der Waals surface area contributed by atoms with E-state index in [2.05, 4.69) is 6.92 Å². The van der Waals surface area contributed by atoms with Gasteiger partial charge < -0.3 is 10.5 Å². The molecule has 0 saturated heterocycles. The molecule has 2 rings (SSSR count). The maximum absolute atomic E-state index is 5.72. The van der Waals surface area contributed by atoms with Crippen molar-refractivity contribution in [2.75, 3.05) is 0 Å². The highest BCUT2D eigenvalue weighted by Crippen LogP contribution is 2.22. The lowest BCUT2D eigenvalue weighted by atomic mass is 10.2. The van der Waals surface area contributed by atoms with Crippen molar-refractivity contribution in [1.82, 2.24) is 0 Å². The van der Waals surface area contributed by atoms with Crippen molar-refractivity contribution in [3.63, 3.8) is 0 Å². The maximum atomic E-state index is 5.72. The number of rotatable bonds is 3. The van der Waals surface area contributed by atoms with Gasteiger partial charge in [0.2, 0.25) is 0 Å². The molecular weight excluding hydrogens is 222 g/mol. The third-order valence-electron chi connectivity index (χ3n) is 2.39. The highest BCUT2D eigenvalue weighted by molar-refractivity contribution is 5.34. The van der Waals surface area contributed by atoms with Crippen molar-refractivity contribution in [3.8, 4) is 11.5 Å². The molecule has 2 aromatic carbocycles. The van der Waals surface area contributed by atoms with Crippen LogP contribution in [0.15, 0.2) is 48.5 Å². The first-order chi connectivity index (χ1) is 8.78. The Morgan fingerprint density at radius 2 is 1.61 bits per heavy atom. The third-order valence-corrected chi connectivity index (χ3v) is 2.39. The highest BCUT2D eigenvalue weighted by Gasteiger charge is 1.97. The lowest BCUT2D eigenvalue weighted by molar-refractivity contribution is 0.482. The summed E-state index contributed by atoms with van der Waals surface area (Å²) >= 11 is 0. The fourth-order valence-corrected chi connectivity index (χ4v) is 1.48. The van der Waals surface area contributed by atoms with Crippen molar-refractivity contribution in [2.24, 2.45) is 5.73 Å². The highest BCUT2D eigenvalue weighted by atomic mass is 16.5. The summed E-state index contributed by atoms with van der Waals surface area (Å²) in [5.41, 5.74) is 7.88. The van der Waals surface area contributed by atoms with Crippen LogP contribution in [0.4, 0.5) is 0 Å². The van der Waals surface area contributed by atoms with Gasteiger partial charge in [0.25, 0.3) is 0 Å². The van der Waals surface area contributed by atoms with Gasteiger partial charge in [0.05, 0.1) is 0 Å². The van der Waals surface area contributed by atoms with Gasteiger partial charge in [0, 0.05) is 6.54 Å². The Bertz CT molecular complexity index is 463. The van der Waals surface area contributed by atoms with Gasteiger partial charge in [-0.3, -0.25) is 0 Å². The first-order valence-corrected chi connectivity index (χ1v) is 6.31. The lowest BCUT2D eigenvalue weighted by Gasteiger charge is -2.07. The first-order valence-electron chi connectivity index (χ1n) is 6.31. The van der Waals surface area contributed by atoms with Crippen molar-refractivity contribution in [3.05, 3.63) is 59.7 Å². The van der Waals surface area contributed by atoms with E-state index in [4.69, 9.17) is 10.5 Å². The quantitative estimate of drug-likeness (QED) is 0.873. The molecule has 0 radical (unpaired) electrons. The molecule has 0 spiro atoms. The van der Waals surface area contributed by atoms with E-state index in [1.807, 2.05) is 62.4 Å². The number of benzene rings is 2. The smallest absolute Gasteiger partial charge is 0.127 e. The number of nitrogens with two attached hydrogens (primary N) is 1. The summed E-state index contributed by atoms with van der Waals surface area (Å²) in [5.74, 6) is 1.67. The van der Waals surface area contributed by atoms with Gasteiger partial charge in [-0.15, -0.1) is 0 Å². The van der Waals surface area contributed by atoms with E-state index < -0.39 is 0 Å². The molecule has 0 aromatic heterocycles. The molecule has 0 heterocycles. The molecular formula is C16H21NO. The second-order valence-electron chi connectivity index (χ2n) is 3.77. The van der Waals surface area contributed by atoms with Gasteiger partial charge >= 0.3 is 0 Å². The molecule has 0 atom stereocenters. The second-order valence-corrected chi connectivity index (χ2v) is 3.77. The molecule has 0 amide bonds. The van der Waals surface area contributed by atoms with Crippen LogP contribution in [0.1, 0.15) is 25.0 Å². The van der Waals surface area contributed by atoms with Crippen LogP contribution in [-0.4, -0.2) is 0 Å². The van der Waals surface area contributed by atoms with Gasteiger partial charge in [0.15, 0.2) is 0 Å². The Morgan fingerprint density at radius 1 is 0.944 bits per heavy atom. The van der Waals surface area contributed by atoms with Crippen molar-refractivity contribution >= 4 is 0 Å². The minimum atomic E-state index is 0.533. The van der Waals surface area contributed by atoms with Crippen LogP contribution in [0.25, 0.3) is 0 Å². The van der Waals surface area contributed by atoms with Gasteiger partial charge in [-0.05, 0) is 36.8 Å². The standard InChI is InChI=1S/C14H15NO.C2H6/c1-11-5-7-13(8-6-11)16-14-4-2-3-12(9-14)10-15;1-2/h2-9H,10,15H2,1H3;1-2H3. The summed E-state index contributed by atoms with van der Waals surface area (Å²) in [6.45, 7) is 6.59. The summed E-state index contributed by atoms with van der Waals surface area (Å²) in [5, 5.41) is 0.